The molecule has 148 valence electrons. The van der Waals surface area contributed by atoms with Crippen LogP contribution >= 0.6 is 24.0 Å². The molecule has 0 unspecified atom stereocenters. The number of benzene rings is 1. The molecule has 6 nitrogen and oxygen atoms in total. The zero-order valence-electron chi connectivity index (χ0n) is 15.4. The van der Waals surface area contributed by atoms with E-state index in [0.717, 1.165) is 50.2 Å². The van der Waals surface area contributed by atoms with Crippen LogP contribution in [0.5, 0.6) is 0 Å². The number of hydrogen-bond acceptors (Lipinski definition) is 4. The van der Waals surface area contributed by atoms with E-state index in [0.29, 0.717) is 17.5 Å². The number of aliphatic hydroxyl groups excluding tert-OH is 1. The van der Waals surface area contributed by atoms with Gasteiger partial charge < -0.3 is 15.7 Å². The summed E-state index contributed by atoms with van der Waals surface area (Å²) in [5.41, 5.74) is 1.06. The van der Waals surface area contributed by atoms with Gasteiger partial charge in [0.1, 0.15) is 0 Å². The van der Waals surface area contributed by atoms with Gasteiger partial charge in [-0.25, -0.2) is 8.42 Å². The SMILES string of the molecule is CCNC(=NCCc1ccc(S(C)(=O)=O)cc1)NC1CCC(O)CC1.I. The summed E-state index contributed by atoms with van der Waals surface area (Å²) in [5.74, 6) is 0.802. The van der Waals surface area contributed by atoms with E-state index in [9.17, 15) is 13.5 Å². The Bertz CT molecular complexity index is 669. The molecule has 0 saturated heterocycles. The van der Waals surface area contributed by atoms with Crippen molar-refractivity contribution in [3.05, 3.63) is 29.8 Å². The van der Waals surface area contributed by atoms with Crippen LogP contribution in [0.1, 0.15) is 38.2 Å². The Morgan fingerprint density at radius 2 is 1.81 bits per heavy atom. The van der Waals surface area contributed by atoms with Crippen LogP contribution in [-0.4, -0.2) is 51.0 Å². The Morgan fingerprint density at radius 3 is 2.35 bits per heavy atom. The Balaban J connectivity index is 0.00000338. The molecule has 1 aliphatic carbocycles. The van der Waals surface area contributed by atoms with E-state index in [2.05, 4.69) is 15.6 Å². The number of hydrogen-bond donors (Lipinski definition) is 3. The van der Waals surface area contributed by atoms with Crippen LogP contribution in [0.2, 0.25) is 0 Å². The van der Waals surface area contributed by atoms with Gasteiger partial charge in [0.15, 0.2) is 15.8 Å². The Morgan fingerprint density at radius 1 is 1.19 bits per heavy atom. The van der Waals surface area contributed by atoms with Gasteiger partial charge in [-0.2, -0.15) is 0 Å². The number of nitrogens with one attached hydrogen (secondary N) is 2. The molecule has 0 atom stereocenters. The van der Waals surface area contributed by atoms with Gasteiger partial charge in [0.05, 0.1) is 11.0 Å². The summed E-state index contributed by atoms with van der Waals surface area (Å²) in [7, 11) is -3.15. The third kappa shape index (κ3) is 7.79. The lowest BCUT2D eigenvalue weighted by Gasteiger charge is -2.27. The summed E-state index contributed by atoms with van der Waals surface area (Å²) in [4.78, 5) is 4.95. The molecule has 1 aliphatic rings. The van der Waals surface area contributed by atoms with Crippen molar-refractivity contribution in [1.82, 2.24) is 10.6 Å². The van der Waals surface area contributed by atoms with Crippen molar-refractivity contribution < 1.29 is 13.5 Å². The van der Waals surface area contributed by atoms with Gasteiger partial charge in [-0.05, 0) is 56.7 Å². The fourth-order valence-electron chi connectivity index (χ4n) is 2.93. The van der Waals surface area contributed by atoms with Gasteiger partial charge in [0, 0.05) is 25.4 Å². The lowest BCUT2D eigenvalue weighted by molar-refractivity contribution is 0.120. The maximum Gasteiger partial charge on any atom is 0.191 e. The Hall–Kier alpha value is -0.870. The number of rotatable bonds is 6. The quantitative estimate of drug-likeness (QED) is 0.320. The zero-order chi connectivity index (χ0) is 18.3. The number of guanidine groups is 1. The minimum atomic E-state index is -3.15. The monoisotopic (exact) mass is 495 g/mol. The number of aliphatic imine (C=N–C) groups is 1. The van der Waals surface area contributed by atoms with Crippen LogP contribution in [0.25, 0.3) is 0 Å². The standard InChI is InChI=1S/C18H29N3O3S.HI/c1-3-19-18(21-15-6-8-16(22)9-7-15)20-13-12-14-4-10-17(11-5-14)25(2,23)24;/h4-5,10-11,15-16,22H,3,6-9,12-13H2,1-2H3,(H2,19,20,21);1H. The van der Waals surface area contributed by atoms with Crippen molar-refractivity contribution in [2.24, 2.45) is 4.99 Å². The van der Waals surface area contributed by atoms with Crippen LogP contribution in [0.15, 0.2) is 34.2 Å². The average molecular weight is 495 g/mol. The number of halogens is 1. The highest BCUT2D eigenvalue weighted by Gasteiger charge is 2.19. The van der Waals surface area contributed by atoms with E-state index >= 15 is 0 Å². The molecule has 0 amide bonds. The lowest BCUT2D eigenvalue weighted by Crippen LogP contribution is -2.45. The van der Waals surface area contributed by atoms with Crippen LogP contribution in [0.3, 0.4) is 0 Å². The van der Waals surface area contributed by atoms with Gasteiger partial charge in [0.2, 0.25) is 0 Å². The van der Waals surface area contributed by atoms with Crippen molar-refractivity contribution in [2.75, 3.05) is 19.3 Å². The van der Waals surface area contributed by atoms with E-state index in [1.165, 1.54) is 6.26 Å². The molecule has 0 spiro atoms. The van der Waals surface area contributed by atoms with Crippen LogP contribution < -0.4 is 10.6 Å². The minimum Gasteiger partial charge on any atom is -0.393 e. The molecule has 0 heterocycles. The summed E-state index contributed by atoms with van der Waals surface area (Å²) in [6.45, 7) is 3.46. The van der Waals surface area contributed by atoms with E-state index in [1.807, 2.05) is 19.1 Å². The normalized spacial score (nSPS) is 21.0. The summed E-state index contributed by atoms with van der Waals surface area (Å²) in [6.07, 6.45) is 5.40. The highest BCUT2D eigenvalue weighted by Crippen LogP contribution is 2.18. The summed E-state index contributed by atoms with van der Waals surface area (Å²) in [6, 6.07) is 7.33. The Kier molecular flexibility index (Phi) is 9.88. The molecule has 26 heavy (non-hydrogen) atoms. The van der Waals surface area contributed by atoms with Crippen molar-refractivity contribution in [3.8, 4) is 0 Å². The van der Waals surface area contributed by atoms with Crippen molar-refractivity contribution in [1.29, 1.82) is 0 Å². The van der Waals surface area contributed by atoms with E-state index < -0.39 is 9.84 Å². The number of sulfone groups is 1. The molecule has 8 heteroatoms. The van der Waals surface area contributed by atoms with Gasteiger partial charge in [-0.1, -0.05) is 12.1 Å². The predicted octanol–water partition coefficient (Wildman–Crippen LogP) is 2.11. The summed E-state index contributed by atoms with van der Waals surface area (Å²) >= 11 is 0. The van der Waals surface area contributed by atoms with Crippen molar-refractivity contribution in [2.45, 2.75) is 56.1 Å². The molecular weight excluding hydrogens is 465 g/mol. The summed E-state index contributed by atoms with van der Waals surface area (Å²) < 4.78 is 22.9. The van der Waals surface area contributed by atoms with E-state index in [1.54, 1.807) is 12.1 Å². The molecule has 2 rings (SSSR count). The zero-order valence-corrected chi connectivity index (χ0v) is 18.6. The fourth-order valence-corrected chi connectivity index (χ4v) is 3.56. The minimum absolute atomic E-state index is 0. The topological polar surface area (TPSA) is 90.8 Å². The number of nitrogens with zero attached hydrogens (tertiary/aromatic N) is 1. The molecular formula is C18H30IN3O3S. The first kappa shape index (κ1) is 23.2. The van der Waals surface area contributed by atoms with Gasteiger partial charge in [-0.15, -0.1) is 24.0 Å². The first-order chi connectivity index (χ1) is 11.9. The molecule has 1 aromatic carbocycles. The predicted molar refractivity (Wildman–Crippen MR) is 116 cm³/mol. The maximum atomic E-state index is 11.5. The third-order valence-electron chi connectivity index (χ3n) is 4.40. The number of aliphatic hydroxyl groups is 1. The van der Waals surface area contributed by atoms with Crippen LogP contribution in [0, 0.1) is 0 Å². The summed E-state index contributed by atoms with van der Waals surface area (Å²) in [5, 5.41) is 16.3. The molecule has 1 saturated carbocycles. The first-order valence-electron chi connectivity index (χ1n) is 8.90. The van der Waals surface area contributed by atoms with Gasteiger partial charge in [0.25, 0.3) is 0 Å². The second-order valence-corrected chi connectivity index (χ2v) is 8.59. The van der Waals surface area contributed by atoms with Crippen molar-refractivity contribution in [3.63, 3.8) is 0 Å². The molecule has 0 bridgehead atoms. The highest BCUT2D eigenvalue weighted by atomic mass is 127. The molecule has 1 aromatic rings. The highest BCUT2D eigenvalue weighted by molar-refractivity contribution is 14.0. The average Bonchev–Trinajstić information content (AvgIpc) is 2.57. The van der Waals surface area contributed by atoms with E-state index in [-0.39, 0.29) is 30.1 Å². The van der Waals surface area contributed by atoms with Crippen LogP contribution in [-0.2, 0) is 16.3 Å². The third-order valence-corrected chi connectivity index (χ3v) is 5.53. The van der Waals surface area contributed by atoms with E-state index in [4.69, 9.17) is 0 Å². The second kappa shape index (κ2) is 11.1. The second-order valence-electron chi connectivity index (χ2n) is 6.58. The van der Waals surface area contributed by atoms with Crippen molar-refractivity contribution >= 4 is 39.8 Å². The van der Waals surface area contributed by atoms with Crippen LogP contribution in [0.4, 0.5) is 0 Å². The smallest absolute Gasteiger partial charge is 0.191 e. The van der Waals surface area contributed by atoms with Gasteiger partial charge in [-0.3, -0.25) is 4.99 Å². The fraction of sp³-hybridized carbons (Fsp3) is 0.611. The molecule has 0 radical (unpaired) electrons. The molecule has 0 aromatic heterocycles. The molecule has 3 N–H and O–H groups in total. The molecule has 1 fully saturated rings. The van der Waals surface area contributed by atoms with Gasteiger partial charge >= 0.3 is 0 Å². The molecule has 0 aliphatic heterocycles. The maximum absolute atomic E-state index is 11.5. The Labute approximate surface area is 173 Å². The lowest BCUT2D eigenvalue weighted by atomic mass is 9.93. The largest absolute Gasteiger partial charge is 0.393 e. The first-order valence-corrected chi connectivity index (χ1v) is 10.8.